The van der Waals surface area contributed by atoms with Gasteiger partial charge in [-0.15, -0.1) is 0 Å². The van der Waals surface area contributed by atoms with E-state index in [4.69, 9.17) is 16.3 Å². The number of nitrogens with one attached hydrogen (secondary N) is 1. The molecule has 0 bridgehead atoms. The second kappa shape index (κ2) is 6.18. The third kappa shape index (κ3) is 2.94. The number of benzene rings is 1. The van der Waals surface area contributed by atoms with Crippen LogP contribution in [0.2, 0.25) is 0 Å². The molecule has 25 heavy (non-hydrogen) atoms. The number of nitrogens with two attached hydrogens (primary N) is 1. The van der Waals surface area contributed by atoms with E-state index in [1.165, 1.54) is 12.1 Å². The first-order valence-electron chi connectivity index (χ1n) is 6.15. The van der Waals surface area contributed by atoms with Crippen molar-refractivity contribution in [1.82, 2.24) is 4.98 Å². The third-order valence-electron chi connectivity index (χ3n) is 3.18. The number of aromatic amines is 1. The molecule has 3 N–H and O–H groups in total. The van der Waals surface area contributed by atoms with Gasteiger partial charge in [-0.05, 0) is 22.0 Å². The molecular weight excluding hydrogens is 415 g/mol. The van der Waals surface area contributed by atoms with E-state index < -0.39 is 61.5 Å². The van der Waals surface area contributed by atoms with E-state index in [9.17, 15) is 26.7 Å². The van der Waals surface area contributed by atoms with E-state index >= 15 is 0 Å². The molecule has 2 rings (SSSR count). The predicted octanol–water partition coefficient (Wildman–Crippen LogP) is 3.43. The van der Waals surface area contributed by atoms with Crippen LogP contribution >= 0.6 is 15.9 Å². The fourth-order valence-electron chi connectivity index (χ4n) is 2.12. The monoisotopic (exact) mass is 418 g/mol. The molecule has 0 spiro atoms. The van der Waals surface area contributed by atoms with Crippen molar-refractivity contribution in [3.05, 3.63) is 49.2 Å². The summed E-state index contributed by atoms with van der Waals surface area (Å²) in [6, 6.07) is 2.91. The van der Waals surface area contributed by atoms with Crippen molar-refractivity contribution in [1.29, 1.82) is 10.5 Å². The van der Waals surface area contributed by atoms with Crippen molar-refractivity contribution in [3.8, 4) is 23.3 Å². The van der Waals surface area contributed by atoms with Crippen molar-refractivity contribution >= 4 is 21.7 Å². The molecule has 0 amide bonds. The van der Waals surface area contributed by atoms with Crippen molar-refractivity contribution in [2.24, 2.45) is 0 Å². The van der Waals surface area contributed by atoms with Gasteiger partial charge in [-0.2, -0.15) is 23.7 Å². The Morgan fingerprint density at radius 3 is 2.12 bits per heavy atom. The minimum atomic E-state index is -5.19. The lowest BCUT2D eigenvalue weighted by atomic mass is 9.94. The van der Waals surface area contributed by atoms with Gasteiger partial charge >= 0.3 is 6.18 Å². The van der Waals surface area contributed by atoms with E-state index in [-0.39, 0.29) is 6.07 Å². The Morgan fingerprint density at radius 2 is 1.64 bits per heavy atom. The average molecular weight is 419 g/mol. The first-order valence-corrected chi connectivity index (χ1v) is 6.94. The second-order valence-electron chi connectivity index (χ2n) is 4.62. The van der Waals surface area contributed by atoms with Crippen LogP contribution in [0.15, 0.2) is 15.3 Å². The molecule has 5 nitrogen and oxygen atoms in total. The molecule has 0 aliphatic rings. The van der Waals surface area contributed by atoms with Crippen molar-refractivity contribution in [2.75, 3.05) is 5.73 Å². The highest BCUT2D eigenvalue weighted by molar-refractivity contribution is 9.10. The normalized spacial score (nSPS) is 11.0. The summed E-state index contributed by atoms with van der Waals surface area (Å²) in [7, 11) is 0. The minimum absolute atomic E-state index is 0.169. The highest BCUT2D eigenvalue weighted by atomic mass is 79.9. The Kier molecular flexibility index (Phi) is 4.55. The van der Waals surface area contributed by atoms with Gasteiger partial charge in [-0.3, -0.25) is 4.79 Å². The minimum Gasteiger partial charge on any atom is -0.384 e. The summed E-state index contributed by atoms with van der Waals surface area (Å²) >= 11 is 2.53. The fraction of sp³-hybridized carbons (Fsp3) is 0.0714. The maximum absolute atomic E-state index is 14.4. The summed E-state index contributed by atoms with van der Waals surface area (Å²) in [6.07, 6.45) is -5.19. The topological polar surface area (TPSA) is 106 Å². The molecule has 1 heterocycles. The lowest BCUT2D eigenvalue weighted by Gasteiger charge is -2.16. The molecule has 0 saturated heterocycles. The van der Waals surface area contributed by atoms with Crippen LogP contribution in [0.5, 0.6) is 0 Å². The number of alkyl halides is 3. The molecule has 0 atom stereocenters. The van der Waals surface area contributed by atoms with Crippen LogP contribution in [0, 0.1) is 34.3 Å². The lowest BCUT2D eigenvalue weighted by Crippen LogP contribution is -2.18. The summed E-state index contributed by atoms with van der Waals surface area (Å²) in [5, 5.41) is 18.2. The number of halogens is 6. The summed E-state index contributed by atoms with van der Waals surface area (Å²) in [4.78, 5) is 13.7. The van der Waals surface area contributed by atoms with Gasteiger partial charge in [0, 0.05) is 5.56 Å². The van der Waals surface area contributed by atoms with Gasteiger partial charge in [0.1, 0.15) is 40.7 Å². The zero-order valence-electron chi connectivity index (χ0n) is 11.7. The zero-order chi connectivity index (χ0) is 19.1. The number of nitrogen functional groups attached to an aromatic ring is 1. The van der Waals surface area contributed by atoms with Gasteiger partial charge < -0.3 is 10.7 Å². The number of hydrogen-bond donors (Lipinski definition) is 2. The molecule has 0 aliphatic carbocycles. The van der Waals surface area contributed by atoms with Gasteiger partial charge in [0.05, 0.1) is 15.6 Å². The quantitative estimate of drug-likeness (QED) is 0.546. The van der Waals surface area contributed by atoms with Gasteiger partial charge in [-0.25, -0.2) is 8.78 Å². The van der Waals surface area contributed by atoms with Gasteiger partial charge in [0.25, 0.3) is 5.56 Å². The van der Waals surface area contributed by atoms with Crippen LogP contribution in [0.25, 0.3) is 11.1 Å². The Morgan fingerprint density at radius 1 is 1.08 bits per heavy atom. The van der Waals surface area contributed by atoms with Crippen LogP contribution in [0.3, 0.4) is 0 Å². The van der Waals surface area contributed by atoms with Gasteiger partial charge in [0.2, 0.25) is 0 Å². The lowest BCUT2D eigenvalue weighted by molar-refractivity contribution is -0.140. The number of nitrogens with zero attached hydrogens (tertiary/aromatic N) is 2. The Hall–Kier alpha value is -2.92. The Balaban J connectivity index is 3.14. The standard InChI is InChI=1S/C14H4BrF5N4O/c15-7-1-6(14(18,19)20)10(16)9(11(7)17)8-4(2-21)12(23)24-13(25)5(8)3-22/h1H,(H3,23,24,25). The van der Waals surface area contributed by atoms with E-state index in [0.29, 0.717) is 0 Å². The van der Waals surface area contributed by atoms with Crippen molar-refractivity contribution in [3.63, 3.8) is 0 Å². The van der Waals surface area contributed by atoms with Crippen molar-refractivity contribution < 1.29 is 22.0 Å². The summed E-state index contributed by atoms with van der Waals surface area (Å²) < 4.78 is 67.0. The van der Waals surface area contributed by atoms with Gasteiger partial charge in [0.15, 0.2) is 0 Å². The van der Waals surface area contributed by atoms with Crippen LogP contribution < -0.4 is 11.3 Å². The SMILES string of the molecule is N#Cc1c(N)[nH]c(=O)c(C#N)c1-c1c(F)c(Br)cc(C(F)(F)F)c1F. The molecule has 1 aromatic carbocycles. The van der Waals surface area contributed by atoms with Crippen molar-refractivity contribution in [2.45, 2.75) is 6.18 Å². The van der Waals surface area contributed by atoms with Crippen LogP contribution in [-0.4, -0.2) is 4.98 Å². The third-order valence-corrected chi connectivity index (χ3v) is 3.76. The molecule has 1 aromatic heterocycles. The summed E-state index contributed by atoms with van der Waals surface area (Å²) in [5.74, 6) is -4.25. The number of H-pyrrole nitrogens is 1. The Labute approximate surface area is 144 Å². The molecule has 0 radical (unpaired) electrons. The number of nitriles is 2. The number of anilines is 1. The van der Waals surface area contributed by atoms with E-state index in [1.54, 1.807) is 0 Å². The van der Waals surface area contributed by atoms with Gasteiger partial charge in [-0.1, -0.05) is 0 Å². The largest absolute Gasteiger partial charge is 0.419 e. The molecule has 128 valence electrons. The fourth-order valence-corrected chi connectivity index (χ4v) is 2.55. The average Bonchev–Trinajstić information content (AvgIpc) is 2.50. The maximum atomic E-state index is 14.4. The molecule has 0 fully saturated rings. The molecule has 0 aliphatic heterocycles. The van der Waals surface area contributed by atoms with E-state index in [1.807, 2.05) is 4.98 Å². The van der Waals surface area contributed by atoms with Crippen LogP contribution in [0.1, 0.15) is 16.7 Å². The first-order chi connectivity index (χ1) is 11.5. The molecule has 0 unspecified atom stereocenters. The number of hydrogen-bond acceptors (Lipinski definition) is 4. The Bertz CT molecular complexity index is 1030. The molecule has 11 heteroatoms. The maximum Gasteiger partial charge on any atom is 0.419 e. The van der Waals surface area contributed by atoms with E-state index in [2.05, 4.69) is 15.9 Å². The van der Waals surface area contributed by atoms with Crippen LogP contribution in [0.4, 0.5) is 27.8 Å². The number of pyridine rings is 1. The number of rotatable bonds is 1. The number of aromatic nitrogens is 1. The molecule has 0 saturated carbocycles. The highest BCUT2D eigenvalue weighted by Gasteiger charge is 2.38. The second-order valence-corrected chi connectivity index (χ2v) is 5.48. The van der Waals surface area contributed by atoms with Crippen LogP contribution in [-0.2, 0) is 6.18 Å². The zero-order valence-corrected chi connectivity index (χ0v) is 13.3. The summed E-state index contributed by atoms with van der Waals surface area (Å²) in [6.45, 7) is 0. The highest BCUT2D eigenvalue weighted by Crippen LogP contribution is 2.41. The molecule has 2 aromatic rings. The smallest absolute Gasteiger partial charge is 0.384 e. The van der Waals surface area contributed by atoms with E-state index in [0.717, 1.165) is 0 Å². The first kappa shape index (κ1) is 18.4. The molecular formula is C14H4BrF5N4O. The summed E-state index contributed by atoms with van der Waals surface area (Å²) in [5.41, 5.74) is -1.65. The predicted molar refractivity (Wildman–Crippen MR) is 79.0 cm³/mol.